The molecule has 0 aliphatic heterocycles. The first-order chi connectivity index (χ1) is 12.0. The molecular weight excluding hydrogens is 426 g/mol. The van der Waals surface area contributed by atoms with E-state index in [2.05, 4.69) is 10.1 Å². The van der Waals surface area contributed by atoms with E-state index < -0.39 is 5.77 Å². The van der Waals surface area contributed by atoms with Crippen molar-refractivity contribution < 1.29 is 18.3 Å². The quantitative estimate of drug-likeness (QED) is 0.409. The van der Waals surface area contributed by atoms with Crippen molar-refractivity contribution in [1.82, 2.24) is 10.1 Å². The summed E-state index contributed by atoms with van der Waals surface area (Å²) in [7, 11) is 0. The first-order valence-electron chi connectivity index (χ1n) is 7.38. The maximum Gasteiger partial charge on any atom is 0.354 e. The van der Waals surface area contributed by atoms with E-state index in [-0.39, 0.29) is 18.4 Å². The molecule has 0 aliphatic rings. The third-order valence-electron chi connectivity index (χ3n) is 2.74. The summed E-state index contributed by atoms with van der Waals surface area (Å²) in [6.07, 6.45) is 0. The van der Waals surface area contributed by atoms with Gasteiger partial charge in [0.05, 0.1) is 12.4 Å². The van der Waals surface area contributed by atoms with Gasteiger partial charge in [-0.1, -0.05) is 47.6 Å². The molecule has 2 rings (SSSR count). The molecule has 0 spiro atoms. The Labute approximate surface area is 164 Å². The number of rotatable bonds is 10. The summed E-state index contributed by atoms with van der Waals surface area (Å²) in [6.45, 7) is 4.31. The number of hydrogen-bond donors (Lipinski definition) is 0. The number of ether oxygens (including phenoxy) is 1. The first-order valence-corrected chi connectivity index (χ1v) is 12.9. The summed E-state index contributed by atoms with van der Waals surface area (Å²) in [5.41, 5.74) is 0.756. The van der Waals surface area contributed by atoms with Gasteiger partial charge in [-0.3, -0.25) is 4.57 Å². The smallest absolute Gasteiger partial charge is 0.354 e. The van der Waals surface area contributed by atoms with E-state index in [0.717, 1.165) is 5.56 Å². The maximum absolute atomic E-state index is 12.5. The summed E-state index contributed by atoms with van der Waals surface area (Å²) >= 11 is 14.4. The van der Waals surface area contributed by atoms with E-state index >= 15 is 0 Å². The van der Waals surface area contributed by atoms with Crippen LogP contribution in [0.3, 0.4) is 0 Å². The third kappa shape index (κ3) is 6.70. The van der Waals surface area contributed by atoms with Crippen LogP contribution in [0, 0.1) is 0 Å². The molecule has 0 bridgehead atoms. The van der Waals surface area contributed by atoms with Crippen LogP contribution in [0.25, 0.3) is 0 Å². The second-order valence-corrected chi connectivity index (χ2v) is 13.1. The van der Waals surface area contributed by atoms with Crippen molar-refractivity contribution in [2.24, 2.45) is 0 Å². The van der Waals surface area contributed by atoms with Crippen LogP contribution in [0.2, 0.25) is 10.0 Å². The summed E-state index contributed by atoms with van der Waals surface area (Å²) in [6, 6.07) is 5.22. The van der Waals surface area contributed by atoms with E-state index in [1.807, 2.05) is 13.8 Å². The zero-order chi connectivity index (χ0) is 18.3. The molecule has 1 atom stereocenters. The van der Waals surface area contributed by atoms with Gasteiger partial charge >= 0.3 is 11.8 Å². The van der Waals surface area contributed by atoms with Gasteiger partial charge in [0.25, 0.3) is 0 Å². The van der Waals surface area contributed by atoms with Crippen LogP contribution in [0.1, 0.15) is 25.3 Å². The molecule has 138 valence electrons. The van der Waals surface area contributed by atoms with Crippen LogP contribution >= 0.6 is 51.7 Å². The lowest BCUT2D eigenvalue weighted by atomic mass is 10.2. The van der Waals surface area contributed by atoms with Crippen molar-refractivity contribution in [2.75, 3.05) is 12.4 Å². The molecule has 0 saturated heterocycles. The minimum Gasteiger partial charge on any atom is -0.457 e. The van der Waals surface area contributed by atoms with Gasteiger partial charge in [-0.15, -0.1) is 0 Å². The van der Waals surface area contributed by atoms with Crippen LogP contribution in [0.5, 0.6) is 6.01 Å². The van der Waals surface area contributed by atoms with Gasteiger partial charge < -0.3 is 13.8 Å². The van der Waals surface area contributed by atoms with Gasteiger partial charge in [-0.2, -0.15) is 4.98 Å². The zero-order valence-corrected chi connectivity index (χ0v) is 17.6. The molecule has 1 heterocycles. The molecule has 1 aromatic heterocycles. The van der Waals surface area contributed by atoms with Gasteiger partial charge in [-0.05, 0) is 35.6 Å². The largest absolute Gasteiger partial charge is 0.457 e. The minimum absolute atomic E-state index is 0.0935. The second-order valence-electron chi connectivity index (χ2n) is 4.55. The molecule has 11 heteroatoms. The van der Waals surface area contributed by atoms with E-state index in [1.165, 1.54) is 22.8 Å². The molecule has 2 aromatic rings. The molecule has 0 amide bonds. The van der Waals surface area contributed by atoms with Crippen LogP contribution in [0.15, 0.2) is 22.7 Å². The van der Waals surface area contributed by atoms with Crippen LogP contribution in [0.4, 0.5) is 0 Å². The number of hydrogen-bond acceptors (Lipinski definition) is 8. The van der Waals surface area contributed by atoms with Crippen LogP contribution in [-0.4, -0.2) is 22.5 Å². The van der Waals surface area contributed by atoms with Crippen molar-refractivity contribution in [1.29, 1.82) is 0 Å². The lowest BCUT2D eigenvalue weighted by Gasteiger charge is -2.13. The first kappa shape index (κ1) is 20.9. The molecule has 0 radical (unpaired) electrons. The lowest BCUT2D eigenvalue weighted by molar-refractivity contribution is 0.262. The third-order valence-corrected chi connectivity index (χ3v) is 10.8. The fourth-order valence-electron chi connectivity index (χ4n) is 1.70. The van der Waals surface area contributed by atoms with Crippen LogP contribution in [-0.2, 0) is 21.4 Å². The molecule has 0 fully saturated rings. The van der Waals surface area contributed by atoms with Crippen molar-refractivity contribution in [3.63, 3.8) is 0 Å². The normalized spacial score (nSPS) is 13.6. The summed E-state index contributed by atoms with van der Waals surface area (Å²) < 4.78 is 28.5. The standard InChI is InChI=1S/C14H17Cl2N2O4PS2/c1-3-21-23(19,24-4-2)25-9-13-17-14(18-22-13)20-8-10-5-6-11(15)7-12(10)16/h5-7H,3-4,8-9H2,1-2H3/t23-/m1/s1. The van der Waals surface area contributed by atoms with Gasteiger partial charge in [0, 0.05) is 21.4 Å². The Bertz CT molecular complexity index is 737. The highest BCUT2D eigenvalue weighted by molar-refractivity contribution is 8.89. The Morgan fingerprint density at radius 2 is 2.08 bits per heavy atom. The SMILES string of the molecule is CCO[P@](=O)(SCC)SCc1nc(OCc2ccc(Cl)cc2Cl)no1. The highest BCUT2D eigenvalue weighted by Gasteiger charge is 2.25. The zero-order valence-electron chi connectivity index (χ0n) is 13.6. The van der Waals surface area contributed by atoms with Gasteiger partial charge in [0.15, 0.2) is 0 Å². The predicted octanol–water partition coefficient (Wildman–Crippen LogP) is 6.09. The molecule has 0 aliphatic carbocycles. The summed E-state index contributed by atoms with van der Waals surface area (Å²) in [4.78, 5) is 4.12. The topological polar surface area (TPSA) is 74.5 Å². The highest BCUT2D eigenvalue weighted by Crippen LogP contribution is 2.70. The summed E-state index contributed by atoms with van der Waals surface area (Å²) in [5.74, 6) is -1.52. The molecular formula is C14H17Cl2N2O4PS2. The Morgan fingerprint density at radius 3 is 2.76 bits per heavy atom. The predicted molar refractivity (Wildman–Crippen MR) is 104 cm³/mol. The number of halogens is 2. The molecule has 0 unspecified atom stereocenters. The van der Waals surface area contributed by atoms with E-state index in [1.54, 1.807) is 18.2 Å². The van der Waals surface area contributed by atoms with Crippen molar-refractivity contribution >= 4 is 51.7 Å². The average Bonchev–Trinajstić information content (AvgIpc) is 3.01. The molecule has 0 saturated carbocycles. The Hall–Kier alpha value is -0.370. The Kier molecular flexibility index (Phi) is 8.45. The number of nitrogens with zero attached hydrogens (tertiary/aromatic N) is 2. The Balaban J connectivity index is 1.90. The van der Waals surface area contributed by atoms with E-state index in [9.17, 15) is 4.57 Å². The molecule has 1 aromatic carbocycles. The molecule has 0 N–H and O–H groups in total. The van der Waals surface area contributed by atoms with Crippen molar-refractivity contribution in [2.45, 2.75) is 26.2 Å². The fraction of sp³-hybridized carbons (Fsp3) is 0.429. The highest BCUT2D eigenvalue weighted by atomic mass is 35.5. The second kappa shape index (κ2) is 10.1. The number of aromatic nitrogens is 2. The fourth-order valence-corrected chi connectivity index (χ4v) is 8.56. The van der Waals surface area contributed by atoms with Gasteiger partial charge in [0.1, 0.15) is 6.61 Å². The lowest BCUT2D eigenvalue weighted by Crippen LogP contribution is -1.97. The minimum atomic E-state index is -2.82. The van der Waals surface area contributed by atoms with Crippen molar-refractivity contribution in [3.05, 3.63) is 39.7 Å². The Morgan fingerprint density at radius 1 is 1.28 bits per heavy atom. The average molecular weight is 443 g/mol. The van der Waals surface area contributed by atoms with Gasteiger partial charge in [0.2, 0.25) is 5.89 Å². The van der Waals surface area contributed by atoms with Gasteiger partial charge in [-0.25, -0.2) is 0 Å². The molecule has 25 heavy (non-hydrogen) atoms. The van der Waals surface area contributed by atoms with Crippen LogP contribution < -0.4 is 4.74 Å². The monoisotopic (exact) mass is 442 g/mol. The maximum atomic E-state index is 12.5. The van der Waals surface area contributed by atoms with Crippen molar-refractivity contribution in [3.8, 4) is 6.01 Å². The van der Waals surface area contributed by atoms with E-state index in [4.69, 9.17) is 37.0 Å². The summed E-state index contributed by atoms with van der Waals surface area (Å²) in [5, 5.41) is 4.80. The number of benzene rings is 1. The molecule has 6 nitrogen and oxygen atoms in total. The van der Waals surface area contributed by atoms with E-state index in [0.29, 0.717) is 28.3 Å².